The van der Waals surface area contributed by atoms with Crippen molar-refractivity contribution in [3.8, 4) is 5.75 Å². The zero-order valence-corrected chi connectivity index (χ0v) is 13.0. The molecule has 1 aromatic carbocycles. The second-order valence-electron chi connectivity index (χ2n) is 6.24. The summed E-state index contributed by atoms with van der Waals surface area (Å²) >= 11 is 6.08. The summed E-state index contributed by atoms with van der Waals surface area (Å²) in [7, 11) is 1.66. The SMILES string of the molecule is COc1ccc(Cl)cc1CN1C[C@@H]2CCC[C@]2(C(N)=O)C1. The van der Waals surface area contributed by atoms with Crippen molar-refractivity contribution in [2.24, 2.45) is 17.1 Å². The van der Waals surface area contributed by atoms with E-state index in [0.717, 1.165) is 50.2 Å². The third-order valence-corrected chi connectivity index (χ3v) is 5.30. The molecule has 1 amide bonds. The zero-order valence-electron chi connectivity index (χ0n) is 12.3. The van der Waals surface area contributed by atoms with E-state index in [2.05, 4.69) is 4.90 Å². The number of nitrogens with zero attached hydrogens (tertiary/aromatic N) is 1. The van der Waals surface area contributed by atoms with Crippen molar-refractivity contribution in [3.63, 3.8) is 0 Å². The van der Waals surface area contributed by atoms with Gasteiger partial charge in [0.25, 0.3) is 0 Å². The van der Waals surface area contributed by atoms with Crippen LogP contribution in [0.15, 0.2) is 18.2 Å². The number of hydrogen-bond donors (Lipinski definition) is 1. The summed E-state index contributed by atoms with van der Waals surface area (Å²) in [4.78, 5) is 14.2. The predicted molar refractivity (Wildman–Crippen MR) is 82.2 cm³/mol. The lowest BCUT2D eigenvalue weighted by atomic mass is 9.80. The summed E-state index contributed by atoms with van der Waals surface area (Å²) in [6.45, 7) is 2.43. The predicted octanol–water partition coefficient (Wildman–Crippen LogP) is 2.44. The molecule has 21 heavy (non-hydrogen) atoms. The first-order chi connectivity index (χ1) is 10.0. The van der Waals surface area contributed by atoms with Crippen molar-refractivity contribution in [1.29, 1.82) is 0 Å². The van der Waals surface area contributed by atoms with E-state index in [1.54, 1.807) is 7.11 Å². The number of nitrogens with two attached hydrogens (primary N) is 1. The van der Waals surface area contributed by atoms with Crippen molar-refractivity contribution in [2.45, 2.75) is 25.8 Å². The minimum Gasteiger partial charge on any atom is -0.496 e. The fourth-order valence-corrected chi connectivity index (χ4v) is 4.22. The number of carbonyl (C=O) groups excluding carboxylic acids is 1. The van der Waals surface area contributed by atoms with Crippen LogP contribution in [0.5, 0.6) is 5.75 Å². The van der Waals surface area contributed by atoms with Crippen LogP contribution in [0.4, 0.5) is 0 Å². The van der Waals surface area contributed by atoms with Crippen LogP contribution >= 0.6 is 11.6 Å². The number of primary amides is 1. The van der Waals surface area contributed by atoms with E-state index in [-0.39, 0.29) is 11.3 Å². The van der Waals surface area contributed by atoms with Gasteiger partial charge in [0.05, 0.1) is 12.5 Å². The molecule has 0 spiro atoms. The summed E-state index contributed by atoms with van der Waals surface area (Å²) in [5, 5.41) is 0.704. The molecule has 2 N–H and O–H groups in total. The van der Waals surface area contributed by atoms with Crippen LogP contribution in [0.3, 0.4) is 0 Å². The minimum absolute atomic E-state index is 0.134. The first-order valence-electron chi connectivity index (χ1n) is 7.40. The molecular formula is C16H21ClN2O2. The lowest BCUT2D eigenvalue weighted by Gasteiger charge is -2.25. The lowest BCUT2D eigenvalue weighted by molar-refractivity contribution is -0.128. The van der Waals surface area contributed by atoms with Crippen molar-refractivity contribution < 1.29 is 9.53 Å². The van der Waals surface area contributed by atoms with Gasteiger partial charge in [0.15, 0.2) is 0 Å². The largest absolute Gasteiger partial charge is 0.496 e. The number of hydrogen-bond acceptors (Lipinski definition) is 3. The monoisotopic (exact) mass is 308 g/mol. The van der Waals surface area contributed by atoms with Crippen LogP contribution in [0.25, 0.3) is 0 Å². The molecule has 1 heterocycles. The summed E-state index contributed by atoms with van der Waals surface area (Å²) in [5.74, 6) is 1.11. The fraction of sp³-hybridized carbons (Fsp3) is 0.562. The number of ether oxygens (including phenoxy) is 1. The summed E-state index contributed by atoms with van der Waals surface area (Å²) < 4.78 is 5.40. The second-order valence-corrected chi connectivity index (χ2v) is 6.67. The van der Waals surface area contributed by atoms with Crippen LogP contribution in [-0.2, 0) is 11.3 Å². The van der Waals surface area contributed by atoms with Crippen molar-refractivity contribution >= 4 is 17.5 Å². The Kier molecular flexibility index (Phi) is 3.84. The molecule has 3 rings (SSSR count). The molecule has 0 unspecified atom stereocenters. The number of halogens is 1. The van der Waals surface area contributed by atoms with Gasteiger partial charge >= 0.3 is 0 Å². The molecule has 0 radical (unpaired) electrons. The Morgan fingerprint density at radius 2 is 2.38 bits per heavy atom. The number of methoxy groups -OCH3 is 1. The van der Waals surface area contributed by atoms with E-state index in [0.29, 0.717) is 10.9 Å². The molecule has 4 nitrogen and oxygen atoms in total. The number of fused-ring (bicyclic) bond motifs is 1. The average Bonchev–Trinajstić information content (AvgIpc) is 2.96. The highest BCUT2D eigenvalue weighted by molar-refractivity contribution is 6.30. The van der Waals surface area contributed by atoms with Gasteiger partial charge in [-0.15, -0.1) is 0 Å². The van der Waals surface area contributed by atoms with Gasteiger partial charge in [-0.05, 0) is 37.0 Å². The molecule has 0 aromatic heterocycles. The smallest absolute Gasteiger partial charge is 0.225 e. The van der Waals surface area contributed by atoms with Crippen molar-refractivity contribution in [1.82, 2.24) is 4.90 Å². The Bertz CT molecular complexity index is 563. The number of likely N-dealkylation sites (tertiary alicyclic amines) is 1. The molecule has 1 aromatic rings. The lowest BCUT2D eigenvalue weighted by Crippen LogP contribution is -2.40. The molecule has 114 valence electrons. The topological polar surface area (TPSA) is 55.6 Å². The molecular weight excluding hydrogens is 288 g/mol. The first kappa shape index (κ1) is 14.7. The average molecular weight is 309 g/mol. The maximum Gasteiger partial charge on any atom is 0.225 e. The van der Waals surface area contributed by atoms with Gasteiger partial charge in [-0.25, -0.2) is 0 Å². The van der Waals surface area contributed by atoms with Gasteiger partial charge in [-0.3, -0.25) is 9.69 Å². The molecule has 5 heteroatoms. The van der Waals surface area contributed by atoms with Crippen molar-refractivity contribution in [2.75, 3.05) is 20.2 Å². The highest BCUT2D eigenvalue weighted by atomic mass is 35.5. The van der Waals surface area contributed by atoms with Gasteiger partial charge in [0.2, 0.25) is 5.91 Å². The van der Waals surface area contributed by atoms with E-state index in [1.807, 2.05) is 18.2 Å². The molecule has 1 aliphatic carbocycles. The normalized spacial score (nSPS) is 28.6. The molecule has 1 saturated heterocycles. The Hall–Kier alpha value is -1.26. The van der Waals surface area contributed by atoms with Crippen LogP contribution in [-0.4, -0.2) is 31.0 Å². The van der Waals surface area contributed by atoms with E-state index in [9.17, 15) is 4.79 Å². The fourth-order valence-electron chi connectivity index (χ4n) is 4.03. The van der Waals surface area contributed by atoms with E-state index < -0.39 is 0 Å². The third-order valence-electron chi connectivity index (χ3n) is 5.07. The Morgan fingerprint density at radius 1 is 1.57 bits per heavy atom. The van der Waals surface area contributed by atoms with Crippen molar-refractivity contribution in [3.05, 3.63) is 28.8 Å². The standard InChI is InChI=1S/C16H21ClN2O2/c1-21-14-5-4-13(17)7-11(14)8-19-9-12-3-2-6-16(12,10-19)15(18)20/h4-5,7,12H,2-3,6,8-10H2,1H3,(H2,18,20)/t12-,16-/m0/s1. The number of amides is 1. The van der Waals surface area contributed by atoms with Crippen LogP contribution in [0.1, 0.15) is 24.8 Å². The number of benzene rings is 1. The number of rotatable bonds is 4. The Balaban J connectivity index is 1.79. The van der Waals surface area contributed by atoms with E-state index in [1.165, 1.54) is 0 Å². The molecule has 2 aliphatic rings. The molecule has 2 atom stereocenters. The molecule has 1 saturated carbocycles. The quantitative estimate of drug-likeness (QED) is 0.929. The molecule has 0 bridgehead atoms. The Labute approximate surface area is 130 Å². The van der Waals surface area contributed by atoms with Crippen LogP contribution in [0.2, 0.25) is 5.02 Å². The van der Waals surface area contributed by atoms with Gasteiger partial charge < -0.3 is 10.5 Å². The van der Waals surface area contributed by atoms with E-state index >= 15 is 0 Å². The number of carbonyl (C=O) groups is 1. The minimum atomic E-state index is -0.314. The van der Waals surface area contributed by atoms with Crippen LogP contribution in [0, 0.1) is 11.3 Å². The van der Waals surface area contributed by atoms with Gasteiger partial charge in [0.1, 0.15) is 5.75 Å². The van der Waals surface area contributed by atoms with Gasteiger partial charge in [0, 0.05) is 30.2 Å². The zero-order chi connectivity index (χ0) is 15.0. The van der Waals surface area contributed by atoms with Crippen LogP contribution < -0.4 is 10.5 Å². The van der Waals surface area contributed by atoms with Gasteiger partial charge in [-0.2, -0.15) is 0 Å². The highest BCUT2D eigenvalue weighted by Crippen LogP contribution is 2.49. The third kappa shape index (κ3) is 2.51. The second kappa shape index (κ2) is 5.50. The first-order valence-corrected chi connectivity index (χ1v) is 7.77. The Morgan fingerprint density at radius 3 is 3.05 bits per heavy atom. The maximum absolute atomic E-state index is 11.9. The summed E-state index contributed by atoms with van der Waals surface area (Å²) in [6, 6.07) is 5.65. The molecule has 2 fully saturated rings. The van der Waals surface area contributed by atoms with E-state index in [4.69, 9.17) is 22.1 Å². The molecule has 1 aliphatic heterocycles. The summed E-state index contributed by atoms with van der Waals surface area (Å²) in [5.41, 5.74) is 6.44. The summed E-state index contributed by atoms with van der Waals surface area (Å²) in [6.07, 6.45) is 3.14. The van der Waals surface area contributed by atoms with Gasteiger partial charge in [-0.1, -0.05) is 18.0 Å². The maximum atomic E-state index is 11.9. The highest BCUT2D eigenvalue weighted by Gasteiger charge is 2.53.